The molecule has 2 heterocycles. The molecule has 1 fully saturated rings. The molecule has 0 bridgehead atoms. The van der Waals surface area contributed by atoms with Gasteiger partial charge in [0.05, 0.1) is 11.8 Å². The molecule has 94 valence electrons. The Kier molecular flexibility index (Phi) is 3.24. The number of thiazole rings is 1. The topological polar surface area (TPSA) is 85.6 Å². The number of tetrazole rings is 1. The first-order valence-corrected chi connectivity index (χ1v) is 7.29. The van der Waals surface area contributed by atoms with E-state index >= 15 is 0 Å². The maximum absolute atomic E-state index is 11.7. The lowest BCUT2D eigenvalue weighted by atomic mass is 10.7. The highest BCUT2D eigenvalue weighted by Gasteiger charge is 2.28. The Morgan fingerprint density at radius 3 is 3.22 bits per heavy atom. The lowest BCUT2D eigenvalue weighted by molar-refractivity contribution is -0.113. The Morgan fingerprint density at radius 1 is 1.61 bits per heavy atom. The van der Waals surface area contributed by atoms with Crippen molar-refractivity contribution in [3.05, 3.63) is 11.6 Å². The molecule has 0 aromatic carbocycles. The second-order valence-corrected chi connectivity index (χ2v) is 5.65. The molecule has 1 N–H and O–H groups in total. The molecule has 1 aliphatic rings. The predicted octanol–water partition coefficient (Wildman–Crippen LogP) is 1.20. The van der Waals surface area contributed by atoms with Gasteiger partial charge in [-0.15, -0.1) is 16.4 Å². The van der Waals surface area contributed by atoms with E-state index in [1.807, 2.05) is 5.38 Å². The van der Waals surface area contributed by atoms with Crippen molar-refractivity contribution in [3.8, 4) is 0 Å². The lowest BCUT2D eigenvalue weighted by Crippen LogP contribution is -2.14. The SMILES string of the molecule is O=C(CSc1nnnn1C1CC1)Nc1nccs1. The molecule has 2 aromatic rings. The van der Waals surface area contributed by atoms with Gasteiger partial charge < -0.3 is 5.32 Å². The summed E-state index contributed by atoms with van der Waals surface area (Å²) in [6.45, 7) is 0. The molecular weight excluding hydrogens is 272 g/mol. The van der Waals surface area contributed by atoms with Crippen LogP contribution in [0.1, 0.15) is 18.9 Å². The molecule has 3 rings (SSSR count). The Bertz CT molecular complexity index is 535. The standard InChI is InChI=1S/C9H10N6OS2/c16-7(11-8-10-3-4-17-8)5-18-9-12-13-14-15(9)6-1-2-6/h3-4,6H,1-2,5H2,(H,10,11,16). The van der Waals surface area contributed by atoms with Crippen molar-refractivity contribution in [2.24, 2.45) is 0 Å². The minimum absolute atomic E-state index is 0.0969. The van der Waals surface area contributed by atoms with Gasteiger partial charge in [-0.1, -0.05) is 11.8 Å². The molecule has 18 heavy (non-hydrogen) atoms. The number of nitrogens with one attached hydrogen (secondary N) is 1. The highest BCUT2D eigenvalue weighted by atomic mass is 32.2. The zero-order valence-corrected chi connectivity index (χ0v) is 10.9. The van der Waals surface area contributed by atoms with E-state index in [2.05, 4.69) is 25.8 Å². The van der Waals surface area contributed by atoms with Gasteiger partial charge in [-0.3, -0.25) is 4.79 Å². The van der Waals surface area contributed by atoms with Crippen molar-refractivity contribution in [1.82, 2.24) is 25.2 Å². The number of hydrogen-bond donors (Lipinski definition) is 1. The molecule has 1 amide bonds. The third kappa shape index (κ3) is 2.67. The zero-order valence-electron chi connectivity index (χ0n) is 9.31. The molecule has 0 atom stereocenters. The van der Waals surface area contributed by atoms with E-state index in [4.69, 9.17) is 0 Å². The van der Waals surface area contributed by atoms with Crippen LogP contribution in [0.25, 0.3) is 0 Å². The molecule has 0 unspecified atom stereocenters. The normalized spacial score (nSPS) is 14.7. The highest BCUT2D eigenvalue weighted by Crippen LogP contribution is 2.36. The summed E-state index contributed by atoms with van der Waals surface area (Å²) in [4.78, 5) is 15.6. The van der Waals surface area contributed by atoms with Gasteiger partial charge in [-0.05, 0) is 23.3 Å². The molecule has 7 nitrogen and oxygen atoms in total. The Hall–Kier alpha value is -1.48. The zero-order chi connectivity index (χ0) is 12.4. The van der Waals surface area contributed by atoms with Crippen LogP contribution < -0.4 is 5.32 Å². The van der Waals surface area contributed by atoms with Crippen molar-refractivity contribution in [3.63, 3.8) is 0 Å². The number of carbonyl (C=O) groups excluding carboxylic acids is 1. The van der Waals surface area contributed by atoms with Crippen LogP contribution in [0, 0.1) is 0 Å². The number of aromatic nitrogens is 5. The summed E-state index contributed by atoms with van der Waals surface area (Å²) in [6.07, 6.45) is 3.88. The van der Waals surface area contributed by atoms with Gasteiger partial charge in [0.2, 0.25) is 11.1 Å². The van der Waals surface area contributed by atoms with E-state index in [0.29, 0.717) is 16.3 Å². The van der Waals surface area contributed by atoms with Crippen LogP contribution in [0.3, 0.4) is 0 Å². The molecule has 2 aromatic heterocycles. The second-order valence-electron chi connectivity index (χ2n) is 3.81. The van der Waals surface area contributed by atoms with Gasteiger partial charge in [0.25, 0.3) is 0 Å². The fourth-order valence-electron chi connectivity index (χ4n) is 1.40. The van der Waals surface area contributed by atoms with Crippen LogP contribution >= 0.6 is 23.1 Å². The maximum Gasteiger partial charge on any atom is 0.236 e. The number of rotatable bonds is 5. The number of carbonyl (C=O) groups is 1. The van der Waals surface area contributed by atoms with Crippen molar-refractivity contribution in [2.45, 2.75) is 24.0 Å². The minimum Gasteiger partial charge on any atom is -0.301 e. The first-order chi connectivity index (χ1) is 8.83. The van der Waals surface area contributed by atoms with Crippen molar-refractivity contribution in [1.29, 1.82) is 0 Å². The van der Waals surface area contributed by atoms with Gasteiger partial charge in [-0.2, -0.15) is 0 Å². The number of thioether (sulfide) groups is 1. The summed E-state index contributed by atoms with van der Waals surface area (Å²) in [7, 11) is 0. The van der Waals surface area contributed by atoms with Crippen molar-refractivity contribution in [2.75, 3.05) is 11.1 Å². The van der Waals surface area contributed by atoms with Crippen LogP contribution in [-0.4, -0.2) is 36.9 Å². The van der Waals surface area contributed by atoms with E-state index in [0.717, 1.165) is 12.8 Å². The van der Waals surface area contributed by atoms with Gasteiger partial charge in [0.15, 0.2) is 5.13 Å². The van der Waals surface area contributed by atoms with Crippen molar-refractivity contribution < 1.29 is 4.79 Å². The van der Waals surface area contributed by atoms with Crippen LogP contribution in [0.4, 0.5) is 5.13 Å². The minimum atomic E-state index is -0.0969. The third-order valence-electron chi connectivity index (χ3n) is 2.37. The summed E-state index contributed by atoms with van der Waals surface area (Å²) in [5.41, 5.74) is 0. The molecule has 0 aliphatic heterocycles. The summed E-state index contributed by atoms with van der Waals surface area (Å²) >= 11 is 2.74. The molecule has 0 saturated heterocycles. The summed E-state index contributed by atoms with van der Waals surface area (Å²) < 4.78 is 1.79. The Balaban J connectivity index is 1.54. The molecule has 0 radical (unpaired) electrons. The van der Waals surface area contributed by atoms with E-state index in [-0.39, 0.29) is 11.7 Å². The monoisotopic (exact) mass is 282 g/mol. The summed E-state index contributed by atoms with van der Waals surface area (Å²) in [5, 5.41) is 17.3. The average molecular weight is 282 g/mol. The van der Waals surface area contributed by atoms with E-state index in [1.54, 1.807) is 10.9 Å². The van der Waals surface area contributed by atoms with Gasteiger partial charge in [0, 0.05) is 11.6 Å². The van der Waals surface area contributed by atoms with E-state index in [1.165, 1.54) is 23.1 Å². The number of nitrogens with zero attached hydrogens (tertiary/aromatic N) is 5. The third-order valence-corrected chi connectivity index (χ3v) is 3.99. The van der Waals surface area contributed by atoms with Gasteiger partial charge >= 0.3 is 0 Å². The van der Waals surface area contributed by atoms with Crippen molar-refractivity contribution >= 4 is 34.1 Å². The highest BCUT2D eigenvalue weighted by molar-refractivity contribution is 7.99. The first-order valence-electron chi connectivity index (χ1n) is 5.43. The fraction of sp³-hybridized carbons (Fsp3) is 0.444. The number of hydrogen-bond acceptors (Lipinski definition) is 7. The molecule has 9 heteroatoms. The molecular formula is C9H10N6OS2. The second kappa shape index (κ2) is 5.02. The fourth-order valence-corrected chi connectivity index (χ4v) is 2.69. The summed E-state index contributed by atoms with van der Waals surface area (Å²) in [6, 6.07) is 0.421. The molecule has 0 spiro atoms. The Morgan fingerprint density at radius 2 is 2.50 bits per heavy atom. The smallest absolute Gasteiger partial charge is 0.236 e. The van der Waals surface area contributed by atoms with Gasteiger partial charge in [0.1, 0.15) is 0 Å². The van der Waals surface area contributed by atoms with Crippen LogP contribution in [-0.2, 0) is 4.79 Å². The van der Waals surface area contributed by atoms with Crippen LogP contribution in [0.2, 0.25) is 0 Å². The average Bonchev–Trinajstić information content (AvgIpc) is 2.90. The Labute approximate surface area is 111 Å². The van der Waals surface area contributed by atoms with E-state index in [9.17, 15) is 4.79 Å². The van der Waals surface area contributed by atoms with E-state index < -0.39 is 0 Å². The van der Waals surface area contributed by atoms with Crippen LogP contribution in [0.5, 0.6) is 0 Å². The lowest BCUT2D eigenvalue weighted by Gasteiger charge is -2.02. The summed E-state index contributed by atoms with van der Waals surface area (Å²) in [5.74, 6) is 0.187. The number of anilines is 1. The van der Waals surface area contributed by atoms with Gasteiger partial charge in [-0.25, -0.2) is 9.67 Å². The maximum atomic E-state index is 11.7. The molecule has 1 aliphatic carbocycles. The largest absolute Gasteiger partial charge is 0.301 e. The van der Waals surface area contributed by atoms with Crippen LogP contribution in [0.15, 0.2) is 16.7 Å². The first kappa shape index (κ1) is 11.6. The molecule has 1 saturated carbocycles. The quantitative estimate of drug-likeness (QED) is 0.829. The predicted molar refractivity (Wildman–Crippen MR) is 67.6 cm³/mol. The number of amides is 1.